The van der Waals surface area contributed by atoms with Crippen molar-refractivity contribution in [1.82, 2.24) is 0 Å². The van der Waals surface area contributed by atoms with Gasteiger partial charge < -0.3 is 4.74 Å². The van der Waals surface area contributed by atoms with E-state index in [1.807, 2.05) is 18.2 Å². The van der Waals surface area contributed by atoms with Crippen LogP contribution in [0.5, 0.6) is 0 Å². The van der Waals surface area contributed by atoms with Crippen molar-refractivity contribution in [2.24, 2.45) is 5.92 Å². The van der Waals surface area contributed by atoms with Gasteiger partial charge in [0.2, 0.25) is 0 Å². The number of benzene rings is 2. The predicted molar refractivity (Wildman–Crippen MR) is 112 cm³/mol. The molecule has 3 rings (SSSR count). The van der Waals surface area contributed by atoms with Gasteiger partial charge in [0.25, 0.3) is 0 Å². The van der Waals surface area contributed by atoms with E-state index in [0.717, 1.165) is 25.0 Å². The molecule has 0 amide bonds. The summed E-state index contributed by atoms with van der Waals surface area (Å²) < 4.78 is 44.1. The molecule has 0 radical (unpaired) electrons. The Morgan fingerprint density at radius 1 is 1.00 bits per heavy atom. The molecule has 164 valence electrons. The monoisotopic (exact) mass is 430 g/mol. The van der Waals surface area contributed by atoms with Gasteiger partial charge in [-0.25, -0.2) is 4.79 Å². The first-order chi connectivity index (χ1) is 14.8. The van der Waals surface area contributed by atoms with E-state index in [4.69, 9.17) is 4.74 Å². The van der Waals surface area contributed by atoms with Crippen LogP contribution in [0, 0.1) is 5.92 Å². The lowest BCUT2D eigenvalue weighted by atomic mass is 9.76. The van der Waals surface area contributed by atoms with E-state index < -0.39 is 17.7 Å². The number of ketones is 1. The molecule has 0 saturated heterocycles. The van der Waals surface area contributed by atoms with Crippen LogP contribution < -0.4 is 0 Å². The number of rotatable bonds is 6. The maximum Gasteiger partial charge on any atom is 0.416 e. The SMILES string of the molecule is CCOC(=O)/C(=C\c1cccc(C(F)(F)F)c1)C(=O)[C@H]1CC[C@H](c2ccccc2)CC1. The van der Waals surface area contributed by atoms with Crippen LogP contribution in [0.3, 0.4) is 0 Å². The third-order valence-electron chi connectivity index (χ3n) is 5.65. The number of hydrogen-bond acceptors (Lipinski definition) is 3. The van der Waals surface area contributed by atoms with Gasteiger partial charge in [-0.3, -0.25) is 4.79 Å². The third-order valence-corrected chi connectivity index (χ3v) is 5.65. The summed E-state index contributed by atoms with van der Waals surface area (Å²) in [6, 6.07) is 14.7. The number of hydrogen-bond donors (Lipinski definition) is 0. The molecule has 0 aromatic heterocycles. The Balaban J connectivity index is 1.80. The quantitative estimate of drug-likeness (QED) is 0.237. The second-order valence-corrected chi connectivity index (χ2v) is 7.73. The number of carbonyl (C=O) groups excluding carboxylic acids is 2. The predicted octanol–water partition coefficient (Wildman–Crippen LogP) is 6.20. The van der Waals surface area contributed by atoms with Crippen molar-refractivity contribution in [3.63, 3.8) is 0 Å². The fourth-order valence-corrected chi connectivity index (χ4v) is 4.04. The summed E-state index contributed by atoms with van der Waals surface area (Å²) in [4.78, 5) is 25.6. The van der Waals surface area contributed by atoms with E-state index in [2.05, 4.69) is 12.1 Å². The van der Waals surface area contributed by atoms with E-state index >= 15 is 0 Å². The Hall–Kier alpha value is -2.89. The van der Waals surface area contributed by atoms with Gasteiger partial charge in [-0.05, 0) is 67.9 Å². The highest BCUT2D eigenvalue weighted by Gasteiger charge is 2.33. The van der Waals surface area contributed by atoms with E-state index in [1.165, 1.54) is 23.8 Å². The van der Waals surface area contributed by atoms with E-state index in [1.54, 1.807) is 6.92 Å². The molecule has 0 N–H and O–H groups in total. The van der Waals surface area contributed by atoms with Gasteiger partial charge in [-0.1, -0.05) is 42.5 Å². The maximum atomic E-state index is 13.2. The van der Waals surface area contributed by atoms with Crippen LogP contribution in [0.4, 0.5) is 13.2 Å². The molecule has 1 fully saturated rings. The number of halogens is 3. The normalized spacial score (nSPS) is 19.7. The van der Waals surface area contributed by atoms with Gasteiger partial charge in [0.15, 0.2) is 5.78 Å². The largest absolute Gasteiger partial charge is 0.462 e. The Kier molecular flexibility index (Phi) is 7.31. The molecule has 6 heteroatoms. The van der Waals surface area contributed by atoms with Crippen LogP contribution >= 0.6 is 0 Å². The molecule has 1 aliphatic rings. The molecule has 0 spiro atoms. The van der Waals surface area contributed by atoms with Crippen LogP contribution in [0.15, 0.2) is 60.2 Å². The van der Waals surface area contributed by atoms with Gasteiger partial charge in [-0.15, -0.1) is 0 Å². The highest BCUT2D eigenvalue weighted by molar-refractivity contribution is 6.21. The number of alkyl halides is 3. The molecular formula is C25H25F3O3. The van der Waals surface area contributed by atoms with Crippen molar-refractivity contribution in [3.05, 3.63) is 76.9 Å². The van der Waals surface area contributed by atoms with Crippen molar-refractivity contribution in [3.8, 4) is 0 Å². The van der Waals surface area contributed by atoms with Crippen LogP contribution in [0.25, 0.3) is 6.08 Å². The zero-order valence-electron chi connectivity index (χ0n) is 17.3. The standard InChI is InChI=1S/C25H25F3O3/c1-2-31-24(30)22(16-17-7-6-10-21(15-17)25(26,27)28)23(29)20-13-11-19(12-14-20)18-8-4-3-5-9-18/h3-10,15-16,19-20H,2,11-14H2,1H3/b22-16-/t19-,20-. The van der Waals surface area contributed by atoms with Crippen LogP contribution in [-0.4, -0.2) is 18.4 Å². The zero-order chi connectivity index (χ0) is 22.4. The Morgan fingerprint density at radius 3 is 2.29 bits per heavy atom. The summed E-state index contributed by atoms with van der Waals surface area (Å²) in [7, 11) is 0. The third kappa shape index (κ3) is 5.84. The van der Waals surface area contributed by atoms with E-state index in [-0.39, 0.29) is 29.4 Å². The molecule has 31 heavy (non-hydrogen) atoms. The van der Waals surface area contributed by atoms with E-state index in [9.17, 15) is 22.8 Å². The molecule has 3 nitrogen and oxygen atoms in total. The fraction of sp³-hybridized carbons (Fsp3) is 0.360. The molecule has 0 aliphatic heterocycles. The minimum atomic E-state index is -4.51. The highest BCUT2D eigenvalue weighted by Crippen LogP contribution is 2.37. The number of esters is 1. The summed E-state index contributed by atoms with van der Waals surface area (Å²) >= 11 is 0. The van der Waals surface area contributed by atoms with Gasteiger partial charge in [0, 0.05) is 5.92 Å². The highest BCUT2D eigenvalue weighted by atomic mass is 19.4. The van der Waals surface area contributed by atoms with Crippen molar-refractivity contribution in [2.75, 3.05) is 6.61 Å². The zero-order valence-corrected chi connectivity index (χ0v) is 17.3. The second kappa shape index (κ2) is 9.94. The summed E-state index contributed by atoms with van der Waals surface area (Å²) in [5.74, 6) is -1.14. The summed E-state index contributed by atoms with van der Waals surface area (Å²) in [5, 5.41) is 0. The lowest BCUT2D eigenvalue weighted by Gasteiger charge is -2.28. The van der Waals surface area contributed by atoms with Gasteiger partial charge in [0.1, 0.15) is 5.57 Å². The van der Waals surface area contributed by atoms with Gasteiger partial charge in [-0.2, -0.15) is 13.2 Å². The second-order valence-electron chi connectivity index (χ2n) is 7.73. The van der Waals surface area contributed by atoms with Crippen molar-refractivity contribution >= 4 is 17.8 Å². The molecule has 1 aliphatic carbocycles. The molecular weight excluding hydrogens is 405 g/mol. The molecule has 0 atom stereocenters. The van der Waals surface area contributed by atoms with Crippen LogP contribution in [-0.2, 0) is 20.5 Å². The molecule has 0 bridgehead atoms. The average Bonchev–Trinajstić information content (AvgIpc) is 2.77. The minimum absolute atomic E-state index is 0.0762. The maximum absolute atomic E-state index is 13.2. The molecule has 0 unspecified atom stereocenters. The number of carbonyl (C=O) groups is 2. The molecule has 2 aromatic rings. The lowest BCUT2D eigenvalue weighted by molar-refractivity contribution is -0.140. The molecule has 2 aromatic carbocycles. The van der Waals surface area contributed by atoms with Crippen molar-refractivity contribution < 1.29 is 27.5 Å². The summed E-state index contributed by atoms with van der Waals surface area (Å²) in [6.45, 7) is 1.70. The van der Waals surface area contributed by atoms with Crippen molar-refractivity contribution in [1.29, 1.82) is 0 Å². The van der Waals surface area contributed by atoms with Crippen molar-refractivity contribution in [2.45, 2.75) is 44.7 Å². The Labute approximate surface area is 179 Å². The average molecular weight is 430 g/mol. The smallest absolute Gasteiger partial charge is 0.416 e. The van der Waals surface area contributed by atoms with Crippen LogP contribution in [0.2, 0.25) is 0 Å². The van der Waals surface area contributed by atoms with Gasteiger partial charge in [0.05, 0.1) is 12.2 Å². The number of ether oxygens (including phenoxy) is 1. The minimum Gasteiger partial charge on any atom is -0.462 e. The summed E-state index contributed by atoms with van der Waals surface area (Å²) in [6.07, 6.45) is -0.401. The topological polar surface area (TPSA) is 43.4 Å². The number of Topliss-reactive ketones (excluding diaryl/α,β-unsaturated/α-hetero) is 1. The fourth-order valence-electron chi connectivity index (χ4n) is 4.04. The molecule has 1 saturated carbocycles. The van der Waals surface area contributed by atoms with Crippen LogP contribution in [0.1, 0.15) is 55.2 Å². The summed E-state index contributed by atoms with van der Waals surface area (Å²) in [5.41, 5.74) is 0.354. The first-order valence-corrected chi connectivity index (χ1v) is 10.4. The Morgan fingerprint density at radius 2 is 1.68 bits per heavy atom. The first kappa shape index (κ1) is 22.8. The van der Waals surface area contributed by atoms with E-state index in [0.29, 0.717) is 18.8 Å². The first-order valence-electron chi connectivity index (χ1n) is 10.4. The lowest BCUT2D eigenvalue weighted by Crippen LogP contribution is -2.26. The van der Waals surface area contributed by atoms with Gasteiger partial charge >= 0.3 is 12.1 Å². The molecule has 0 heterocycles. The Bertz CT molecular complexity index is 940.